The minimum atomic E-state index is -0.521. The van der Waals surface area contributed by atoms with Crippen LogP contribution in [0.25, 0.3) is 0 Å². The third-order valence-corrected chi connectivity index (χ3v) is 8.71. The molecule has 39 heavy (non-hydrogen) atoms. The van der Waals surface area contributed by atoms with Crippen molar-refractivity contribution in [1.82, 2.24) is 0 Å². The molecule has 0 radical (unpaired) electrons. The molecule has 0 saturated carbocycles. The summed E-state index contributed by atoms with van der Waals surface area (Å²) in [6.45, 7) is 4.49. The fraction of sp³-hybridized carbons (Fsp3) is 0.946. The normalized spacial score (nSPS) is 13.4. The summed E-state index contributed by atoms with van der Waals surface area (Å²) >= 11 is 0. The van der Waals surface area contributed by atoms with Gasteiger partial charge in [0.15, 0.2) is 0 Å². The zero-order valence-electron chi connectivity index (χ0n) is 27.1. The number of aliphatic hydroxyl groups is 2. The summed E-state index contributed by atoms with van der Waals surface area (Å²) in [6.07, 6.45) is 44.9. The molecule has 0 bridgehead atoms. The van der Waals surface area contributed by atoms with Crippen LogP contribution in [0, 0.1) is 5.92 Å². The maximum Gasteiger partial charge on any atom is 0.0771 e. The van der Waals surface area contributed by atoms with E-state index in [9.17, 15) is 10.2 Å². The molecule has 2 atom stereocenters. The van der Waals surface area contributed by atoms with Gasteiger partial charge in [0.25, 0.3) is 0 Å². The van der Waals surface area contributed by atoms with Crippen molar-refractivity contribution in [3.05, 3.63) is 12.2 Å². The highest BCUT2D eigenvalue weighted by Crippen LogP contribution is 2.24. The van der Waals surface area contributed by atoms with Gasteiger partial charge in [0.2, 0.25) is 0 Å². The predicted molar refractivity (Wildman–Crippen MR) is 176 cm³/mol. The smallest absolute Gasteiger partial charge is 0.0771 e. The van der Waals surface area contributed by atoms with Crippen molar-refractivity contribution in [2.75, 3.05) is 6.61 Å². The van der Waals surface area contributed by atoms with Crippen LogP contribution >= 0.6 is 0 Å². The first-order chi connectivity index (χ1) is 19.2. The molecule has 0 amide bonds. The largest absolute Gasteiger partial charge is 0.394 e. The van der Waals surface area contributed by atoms with Crippen molar-refractivity contribution in [1.29, 1.82) is 0 Å². The lowest BCUT2D eigenvalue weighted by atomic mass is 9.89. The van der Waals surface area contributed by atoms with Crippen LogP contribution in [0.2, 0.25) is 0 Å². The van der Waals surface area contributed by atoms with Crippen LogP contribution in [0.15, 0.2) is 12.2 Å². The van der Waals surface area contributed by atoms with Gasteiger partial charge in [-0.2, -0.15) is 0 Å². The van der Waals surface area contributed by atoms with Crippen LogP contribution in [-0.2, 0) is 0 Å². The van der Waals surface area contributed by atoms with Crippen molar-refractivity contribution in [2.24, 2.45) is 5.92 Å². The topological polar surface area (TPSA) is 40.5 Å². The number of aliphatic hydroxyl groups excluding tert-OH is 2. The van der Waals surface area contributed by atoms with Gasteiger partial charge < -0.3 is 10.2 Å². The van der Waals surface area contributed by atoms with Crippen LogP contribution in [0.3, 0.4) is 0 Å². The molecule has 2 N–H and O–H groups in total. The van der Waals surface area contributed by atoms with Gasteiger partial charge in [-0.25, -0.2) is 0 Å². The van der Waals surface area contributed by atoms with Gasteiger partial charge in [0.05, 0.1) is 12.7 Å². The monoisotopic (exact) mass is 551 g/mol. The second kappa shape index (κ2) is 33.9. The molecule has 0 aliphatic carbocycles. The molecular formula is C37H74O2. The molecule has 0 heterocycles. The van der Waals surface area contributed by atoms with Crippen molar-refractivity contribution >= 4 is 0 Å². The quantitative estimate of drug-likeness (QED) is 0.0630. The van der Waals surface area contributed by atoms with E-state index in [1.165, 1.54) is 180 Å². The van der Waals surface area contributed by atoms with Crippen LogP contribution in [-0.4, -0.2) is 22.9 Å². The van der Waals surface area contributed by atoms with Crippen LogP contribution in [0.4, 0.5) is 0 Å². The average Bonchev–Trinajstić information content (AvgIpc) is 2.95. The number of rotatable bonds is 33. The molecule has 0 rings (SSSR count). The second-order valence-electron chi connectivity index (χ2n) is 12.7. The summed E-state index contributed by atoms with van der Waals surface area (Å²) in [6, 6.07) is 0. The van der Waals surface area contributed by atoms with Crippen molar-refractivity contribution < 1.29 is 10.2 Å². The van der Waals surface area contributed by atoms with Gasteiger partial charge in [0, 0.05) is 0 Å². The van der Waals surface area contributed by atoms with Crippen molar-refractivity contribution in [3.63, 3.8) is 0 Å². The molecule has 2 nitrogen and oxygen atoms in total. The first-order valence-corrected chi connectivity index (χ1v) is 18.2. The standard InChI is InChI=1S/C37H74O2/c1-3-5-7-9-11-13-15-17-19-21-23-25-27-29-31-36(33-34-37(39)35-38)32-30-28-26-24-22-20-18-16-14-12-10-8-6-4-2/h17,19,36-39H,3-16,18,20-35H2,1-2H3. The number of allylic oxidation sites excluding steroid dienone is 2. The summed E-state index contributed by atoms with van der Waals surface area (Å²) in [4.78, 5) is 0. The lowest BCUT2D eigenvalue weighted by Gasteiger charge is -2.18. The second-order valence-corrected chi connectivity index (χ2v) is 12.7. The molecule has 0 aromatic carbocycles. The molecule has 0 aromatic heterocycles. The minimum Gasteiger partial charge on any atom is -0.394 e. The Balaban J connectivity index is 3.72. The Bertz CT molecular complexity index is 460. The predicted octanol–water partition coefficient (Wildman–Crippen LogP) is 12.3. The SMILES string of the molecule is CCCCCCCCC=CCCCCCCC(CCCCCCCCCCCCCCCC)CCC(O)CO. The molecule has 0 fully saturated rings. The highest BCUT2D eigenvalue weighted by atomic mass is 16.3. The van der Waals surface area contributed by atoms with Crippen molar-refractivity contribution in [3.8, 4) is 0 Å². The van der Waals surface area contributed by atoms with E-state index in [0.717, 1.165) is 18.8 Å². The van der Waals surface area contributed by atoms with Crippen molar-refractivity contribution in [2.45, 2.75) is 213 Å². The van der Waals surface area contributed by atoms with Crippen LogP contribution < -0.4 is 0 Å². The molecular weight excluding hydrogens is 476 g/mol. The lowest BCUT2D eigenvalue weighted by molar-refractivity contribution is 0.0813. The summed E-state index contributed by atoms with van der Waals surface area (Å²) < 4.78 is 0. The molecule has 0 spiro atoms. The minimum absolute atomic E-state index is 0.0854. The highest BCUT2D eigenvalue weighted by Gasteiger charge is 2.11. The Morgan fingerprint density at radius 3 is 1.10 bits per heavy atom. The number of hydrogen-bond donors (Lipinski definition) is 2. The number of unbranched alkanes of at least 4 members (excludes halogenated alkanes) is 23. The van der Waals surface area contributed by atoms with Gasteiger partial charge >= 0.3 is 0 Å². The fourth-order valence-electron chi connectivity index (χ4n) is 5.91. The lowest BCUT2D eigenvalue weighted by Crippen LogP contribution is -2.14. The van der Waals surface area contributed by atoms with Gasteiger partial charge in [-0.15, -0.1) is 0 Å². The molecule has 0 aliphatic rings. The Morgan fingerprint density at radius 1 is 0.410 bits per heavy atom. The Labute approximate surface area is 247 Å². The first-order valence-electron chi connectivity index (χ1n) is 18.2. The van der Waals surface area contributed by atoms with Crippen LogP contribution in [0.5, 0.6) is 0 Å². The van der Waals surface area contributed by atoms with E-state index in [-0.39, 0.29) is 6.61 Å². The van der Waals surface area contributed by atoms with E-state index in [4.69, 9.17) is 0 Å². The van der Waals surface area contributed by atoms with Gasteiger partial charge in [-0.1, -0.05) is 180 Å². The van der Waals surface area contributed by atoms with Gasteiger partial charge in [-0.05, 0) is 44.4 Å². The summed E-state index contributed by atoms with van der Waals surface area (Å²) in [5, 5.41) is 19.0. The summed E-state index contributed by atoms with van der Waals surface area (Å²) in [5.41, 5.74) is 0. The molecule has 0 aromatic rings. The Hall–Kier alpha value is -0.340. The van der Waals surface area contributed by atoms with Crippen LogP contribution in [0.1, 0.15) is 206 Å². The van der Waals surface area contributed by atoms with E-state index in [2.05, 4.69) is 26.0 Å². The molecule has 0 saturated heterocycles. The third kappa shape index (κ3) is 32.0. The maximum absolute atomic E-state index is 9.84. The highest BCUT2D eigenvalue weighted by molar-refractivity contribution is 4.81. The Morgan fingerprint density at radius 2 is 0.744 bits per heavy atom. The van der Waals surface area contributed by atoms with E-state index in [1.807, 2.05) is 0 Å². The average molecular weight is 551 g/mol. The zero-order chi connectivity index (χ0) is 28.5. The van der Waals surface area contributed by atoms with Gasteiger partial charge in [-0.3, -0.25) is 0 Å². The Kier molecular flexibility index (Phi) is 33.6. The zero-order valence-corrected chi connectivity index (χ0v) is 27.1. The molecule has 234 valence electrons. The number of hydrogen-bond acceptors (Lipinski definition) is 2. The van der Waals surface area contributed by atoms with E-state index in [0.29, 0.717) is 0 Å². The molecule has 0 aliphatic heterocycles. The molecule has 2 unspecified atom stereocenters. The fourth-order valence-corrected chi connectivity index (χ4v) is 5.91. The van der Waals surface area contributed by atoms with E-state index in [1.54, 1.807) is 0 Å². The maximum atomic E-state index is 9.84. The first kappa shape index (κ1) is 38.7. The summed E-state index contributed by atoms with van der Waals surface area (Å²) in [5.74, 6) is 0.737. The van der Waals surface area contributed by atoms with Gasteiger partial charge in [0.1, 0.15) is 0 Å². The van der Waals surface area contributed by atoms with E-state index < -0.39 is 6.10 Å². The molecule has 2 heteroatoms. The summed E-state index contributed by atoms with van der Waals surface area (Å²) in [7, 11) is 0. The third-order valence-electron chi connectivity index (χ3n) is 8.71. The van der Waals surface area contributed by atoms with E-state index >= 15 is 0 Å².